The van der Waals surface area contributed by atoms with Crippen molar-refractivity contribution in [3.63, 3.8) is 0 Å². The third kappa shape index (κ3) is 5.75. The zero-order valence-corrected chi connectivity index (χ0v) is 20.3. The van der Waals surface area contributed by atoms with Gasteiger partial charge in [-0.2, -0.15) is 4.99 Å². The van der Waals surface area contributed by atoms with Crippen molar-refractivity contribution in [3.8, 4) is 0 Å². The molecule has 1 N–H and O–H groups in total. The van der Waals surface area contributed by atoms with Crippen LogP contribution in [0, 0.1) is 25.6 Å². The lowest BCUT2D eigenvalue weighted by molar-refractivity contribution is 0.146. The molecule has 0 spiro atoms. The molecular formula is C25H32F3N5O. The number of ether oxygens (including phenoxy) is 1. The molecule has 0 amide bonds. The molecule has 0 aliphatic carbocycles. The van der Waals surface area contributed by atoms with Crippen molar-refractivity contribution in [3.05, 3.63) is 58.7 Å². The van der Waals surface area contributed by atoms with E-state index >= 15 is 0 Å². The maximum Gasteiger partial charge on any atom is 0.266 e. The Labute approximate surface area is 199 Å². The first-order valence-electron chi connectivity index (χ1n) is 11.3. The van der Waals surface area contributed by atoms with Gasteiger partial charge >= 0.3 is 0 Å². The molecule has 1 aromatic heterocycles. The van der Waals surface area contributed by atoms with Gasteiger partial charge in [-0.05, 0) is 47.2 Å². The van der Waals surface area contributed by atoms with Gasteiger partial charge in [-0.25, -0.2) is 23.1 Å². The van der Waals surface area contributed by atoms with E-state index in [1.807, 2.05) is 0 Å². The largest absolute Gasteiger partial charge is 0.481 e. The van der Waals surface area contributed by atoms with E-state index in [1.54, 1.807) is 27.9 Å². The Hall–Kier alpha value is -2.94. The molecule has 9 heteroatoms. The van der Waals surface area contributed by atoms with Crippen molar-refractivity contribution < 1.29 is 17.9 Å². The maximum atomic E-state index is 14.6. The van der Waals surface area contributed by atoms with Crippen LogP contribution in [0.3, 0.4) is 0 Å². The standard InChI is InChI=1S/C25H32F3N5O/c1-14(18-9-8-12-33(5)13-18)25(34-6)32-24-15(2)23(30-17(4)31-24)29-16(3)19-10-7-11-20(21(19)26)22(27)28/h7,10-11,16,18,22H,1,8-9,12-13H2,2-6H3,(H,29,30,31)/b32-25+/t16-,18-/m1/s1. The highest BCUT2D eigenvalue weighted by Crippen LogP contribution is 2.31. The highest BCUT2D eigenvalue weighted by molar-refractivity contribution is 5.95. The minimum Gasteiger partial charge on any atom is -0.481 e. The molecule has 184 valence electrons. The molecule has 0 saturated carbocycles. The fraction of sp³-hybridized carbons (Fsp3) is 0.480. The van der Waals surface area contributed by atoms with Crippen LogP contribution >= 0.6 is 0 Å². The lowest BCUT2D eigenvalue weighted by Crippen LogP contribution is -2.34. The zero-order chi connectivity index (χ0) is 25.0. The van der Waals surface area contributed by atoms with Crippen molar-refractivity contribution in [2.75, 3.05) is 32.6 Å². The Bertz CT molecular complexity index is 1070. The van der Waals surface area contributed by atoms with Gasteiger partial charge in [0.1, 0.15) is 17.5 Å². The fourth-order valence-corrected chi connectivity index (χ4v) is 4.19. The summed E-state index contributed by atoms with van der Waals surface area (Å²) in [5.74, 6) is 1.04. The van der Waals surface area contributed by atoms with Crippen LogP contribution in [0.2, 0.25) is 0 Å². The number of piperidine rings is 1. The summed E-state index contributed by atoms with van der Waals surface area (Å²) in [7, 11) is 3.64. The van der Waals surface area contributed by atoms with E-state index in [0.717, 1.165) is 37.6 Å². The number of likely N-dealkylation sites (tertiary alicyclic amines) is 1. The third-order valence-electron chi connectivity index (χ3n) is 6.14. The molecule has 2 aromatic rings. The lowest BCUT2D eigenvalue weighted by Gasteiger charge is -2.30. The number of alkyl halides is 2. The Morgan fingerprint density at radius 3 is 2.62 bits per heavy atom. The SMILES string of the molecule is C=C(/C(=N\c1nc(C)nc(N[C@H](C)c2cccc(C(F)F)c2F)c1C)OC)[C@@H]1CCCN(C)C1. The second-order valence-electron chi connectivity index (χ2n) is 8.73. The number of halogens is 3. The van der Waals surface area contributed by atoms with Gasteiger partial charge in [0.2, 0.25) is 5.90 Å². The molecule has 0 unspecified atom stereocenters. The van der Waals surface area contributed by atoms with Crippen LogP contribution < -0.4 is 5.32 Å². The Balaban J connectivity index is 1.90. The Morgan fingerprint density at radius 1 is 1.26 bits per heavy atom. The minimum absolute atomic E-state index is 0.130. The summed E-state index contributed by atoms with van der Waals surface area (Å²) >= 11 is 0. The topological polar surface area (TPSA) is 62.6 Å². The van der Waals surface area contributed by atoms with Crippen molar-refractivity contribution in [1.82, 2.24) is 14.9 Å². The van der Waals surface area contributed by atoms with E-state index in [9.17, 15) is 13.2 Å². The molecule has 2 atom stereocenters. The molecule has 3 rings (SSSR count). The first kappa shape index (κ1) is 25.7. The molecule has 34 heavy (non-hydrogen) atoms. The molecule has 1 aliphatic heterocycles. The molecule has 1 aromatic carbocycles. The average Bonchev–Trinajstić information content (AvgIpc) is 2.79. The van der Waals surface area contributed by atoms with E-state index < -0.39 is 23.8 Å². The summed E-state index contributed by atoms with van der Waals surface area (Å²) in [6.07, 6.45) is -0.792. The molecule has 6 nitrogen and oxygen atoms in total. The fourth-order valence-electron chi connectivity index (χ4n) is 4.19. The molecule has 1 fully saturated rings. The molecule has 2 heterocycles. The van der Waals surface area contributed by atoms with Crippen molar-refractivity contribution in [2.45, 2.75) is 46.1 Å². The predicted molar refractivity (Wildman–Crippen MR) is 128 cm³/mol. The highest BCUT2D eigenvalue weighted by Gasteiger charge is 2.24. The zero-order valence-electron chi connectivity index (χ0n) is 20.3. The molecule has 0 bridgehead atoms. The maximum absolute atomic E-state index is 14.6. The summed E-state index contributed by atoms with van der Waals surface area (Å²) < 4.78 is 46.5. The number of aliphatic imine (C=N–C) groups is 1. The van der Waals surface area contributed by atoms with E-state index in [1.165, 1.54) is 12.1 Å². The summed E-state index contributed by atoms with van der Waals surface area (Å²) in [4.78, 5) is 15.8. The van der Waals surface area contributed by atoms with Gasteiger partial charge in [-0.15, -0.1) is 0 Å². The Morgan fingerprint density at radius 2 is 1.97 bits per heavy atom. The van der Waals surface area contributed by atoms with Crippen LogP contribution in [0.15, 0.2) is 35.3 Å². The van der Waals surface area contributed by atoms with Crippen LogP contribution in [0.1, 0.15) is 54.7 Å². The lowest BCUT2D eigenvalue weighted by atomic mass is 9.91. The number of benzene rings is 1. The molecular weight excluding hydrogens is 443 g/mol. The van der Waals surface area contributed by atoms with Crippen LogP contribution in [0.5, 0.6) is 0 Å². The third-order valence-corrected chi connectivity index (χ3v) is 6.14. The number of aromatic nitrogens is 2. The predicted octanol–water partition coefficient (Wildman–Crippen LogP) is 5.92. The number of aryl methyl sites for hydroxylation is 1. The van der Waals surface area contributed by atoms with E-state index in [2.05, 4.69) is 38.8 Å². The number of nitrogens with zero attached hydrogens (tertiary/aromatic N) is 4. The van der Waals surface area contributed by atoms with Gasteiger partial charge in [0.15, 0.2) is 5.82 Å². The van der Waals surface area contributed by atoms with Gasteiger partial charge in [-0.1, -0.05) is 24.8 Å². The van der Waals surface area contributed by atoms with Crippen molar-refractivity contribution in [2.24, 2.45) is 10.9 Å². The summed E-state index contributed by atoms with van der Waals surface area (Å²) in [5.41, 5.74) is 0.957. The van der Waals surface area contributed by atoms with Gasteiger partial charge < -0.3 is 15.0 Å². The molecule has 1 saturated heterocycles. The summed E-state index contributed by atoms with van der Waals surface area (Å²) in [6, 6.07) is 3.38. The van der Waals surface area contributed by atoms with E-state index in [0.29, 0.717) is 28.9 Å². The number of hydrogen-bond acceptors (Lipinski definition) is 6. The van der Waals surface area contributed by atoms with Gasteiger partial charge in [0.25, 0.3) is 6.43 Å². The summed E-state index contributed by atoms with van der Waals surface area (Å²) in [5, 5.41) is 3.13. The summed E-state index contributed by atoms with van der Waals surface area (Å²) in [6.45, 7) is 11.4. The number of nitrogens with one attached hydrogen (secondary N) is 1. The number of methoxy groups -OCH3 is 1. The average molecular weight is 476 g/mol. The Kier molecular flexibility index (Phi) is 8.30. The number of hydrogen-bond donors (Lipinski definition) is 1. The number of anilines is 1. The van der Waals surface area contributed by atoms with Crippen molar-refractivity contribution >= 4 is 17.5 Å². The van der Waals surface area contributed by atoms with Crippen LogP contribution in [0.4, 0.5) is 24.8 Å². The van der Waals surface area contributed by atoms with Gasteiger partial charge in [0, 0.05) is 29.2 Å². The first-order valence-corrected chi connectivity index (χ1v) is 11.3. The van der Waals surface area contributed by atoms with Crippen LogP contribution in [-0.4, -0.2) is 48.0 Å². The van der Waals surface area contributed by atoms with Crippen LogP contribution in [-0.2, 0) is 4.74 Å². The number of rotatable bonds is 7. The first-order chi connectivity index (χ1) is 16.1. The van der Waals surface area contributed by atoms with E-state index in [4.69, 9.17) is 4.74 Å². The second kappa shape index (κ2) is 11.0. The normalized spacial score (nSPS) is 18.1. The highest BCUT2D eigenvalue weighted by atomic mass is 19.3. The van der Waals surface area contributed by atoms with Crippen molar-refractivity contribution in [1.29, 1.82) is 0 Å². The van der Waals surface area contributed by atoms with E-state index in [-0.39, 0.29) is 11.5 Å². The van der Waals surface area contributed by atoms with Gasteiger partial charge in [-0.3, -0.25) is 0 Å². The smallest absolute Gasteiger partial charge is 0.266 e. The quantitative estimate of drug-likeness (QED) is 0.398. The minimum atomic E-state index is -2.89. The monoisotopic (exact) mass is 475 g/mol. The molecule has 1 aliphatic rings. The molecule has 0 radical (unpaired) electrons. The van der Waals surface area contributed by atoms with Crippen LogP contribution in [0.25, 0.3) is 0 Å². The van der Waals surface area contributed by atoms with Gasteiger partial charge in [0.05, 0.1) is 18.7 Å². The second-order valence-corrected chi connectivity index (χ2v) is 8.73.